The summed E-state index contributed by atoms with van der Waals surface area (Å²) in [6.45, 7) is 1.34. The maximum atomic E-state index is 13.8. The number of benzene rings is 2. The Labute approximate surface area is 193 Å². The molecule has 0 bridgehead atoms. The number of rotatable bonds is 7. The second-order valence-electron chi connectivity index (χ2n) is 8.29. The summed E-state index contributed by atoms with van der Waals surface area (Å²) < 4.78 is 57.0. The van der Waals surface area contributed by atoms with E-state index < -0.39 is 21.8 Å². The van der Waals surface area contributed by atoms with Gasteiger partial charge in [-0.05, 0) is 49.1 Å². The molecule has 2 heterocycles. The predicted octanol–water partition coefficient (Wildman–Crippen LogP) is 3.93. The van der Waals surface area contributed by atoms with Gasteiger partial charge in [0.15, 0.2) is 6.79 Å². The van der Waals surface area contributed by atoms with Crippen LogP contribution in [0.3, 0.4) is 0 Å². The minimum absolute atomic E-state index is 0.0725. The second-order valence-corrected chi connectivity index (χ2v) is 10.2. The zero-order chi connectivity index (χ0) is 23.3. The first-order valence-corrected chi connectivity index (χ1v) is 12.6. The molecule has 0 saturated carbocycles. The molecule has 0 amide bonds. The van der Waals surface area contributed by atoms with Gasteiger partial charge in [0.1, 0.15) is 18.2 Å². The molecule has 178 valence electrons. The molecule has 2 aromatic carbocycles. The zero-order valence-corrected chi connectivity index (χ0v) is 19.2. The third-order valence-corrected chi connectivity index (χ3v) is 7.80. The van der Waals surface area contributed by atoms with Gasteiger partial charge in [0, 0.05) is 30.6 Å². The molecule has 4 rings (SSSR count). The highest BCUT2D eigenvalue weighted by molar-refractivity contribution is 7.89. The van der Waals surface area contributed by atoms with Crippen molar-refractivity contribution >= 4 is 16.0 Å². The number of sulfonamides is 1. The third-order valence-electron chi connectivity index (χ3n) is 5.88. The van der Waals surface area contributed by atoms with Gasteiger partial charge in [-0.3, -0.25) is 4.79 Å². The van der Waals surface area contributed by atoms with E-state index in [4.69, 9.17) is 14.2 Å². The van der Waals surface area contributed by atoms with Gasteiger partial charge in [0.2, 0.25) is 10.0 Å². The SMILES string of the molecule is O=C(CCc1ccc(S(=O)(=O)N2CCCCCC2)cc1)OCc1cc(F)cc2c1OCOC2. The number of fused-ring (bicyclic) bond motifs is 1. The minimum atomic E-state index is -3.49. The first-order valence-electron chi connectivity index (χ1n) is 11.2. The van der Waals surface area contributed by atoms with Crippen molar-refractivity contribution in [3.8, 4) is 5.75 Å². The molecule has 0 spiro atoms. The van der Waals surface area contributed by atoms with Crippen LogP contribution in [0.2, 0.25) is 0 Å². The number of carbonyl (C=O) groups excluding carboxylic acids is 1. The number of ether oxygens (including phenoxy) is 3. The zero-order valence-electron chi connectivity index (χ0n) is 18.4. The van der Waals surface area contributed by atoms with Crippen LogP contribution in [0, 0.1) is 5.82 Å². The summed E-state index contributed by atoms with van der Waals surface area (Å²) in [5, 5.41) is 0. The number of halogens is 1. The molecule has 2 aliphatic rings. The van der Waals surface area contributed by atoms with Gasteiger partial charge in [-0.2, -0.15) is 4.31 Å². The maximum Gasteiger partial charge on any atom is 0.306 e. The molecule has 33 heavy (non-hydrogen) atoms. The average molecular weight is 478 g/mol. The topological polar surface area (TPSA) is 82.1 Å². The summed E-state index contributed by atoms with van der Waals surface area (Å²) in [7, 11) is -3.49. The molecular formula is C24H28FNO6S. The Morgan fingerprint density at radius 3 is 2.52 bits per heavy atom. The highest BCUT2D eigenvalue weighted by Gasteiger charge is 2.25. The molecule has 7 nitrogen and oxygen atoms in total. The Hall–Kier alpha value is -2.49. The fraction of sp³-hybridized carbons (Fsp3) is 0.458. The Morgan fingerprint density at radius 1 is 1.06 bits per heavy atom. The average Bonchev–Trinajstić information content (AvgIpc) is 3.12. The van der Waals surface area contributed by atoms with E-state index in [1.807, 2.05) is 0 Å². The van der Waals surface area contributed by atoms with Gasteiger partial charge >= 0.3 is 5.97 Å². The smallest absolute Gasteiger partial charge is 0.306 e. The van der Waals surface area contributed by atoms with Crippen molar-refractivity contribution in [1.82, 2.24) is 4.31 Å². The van der Waals surface area contributed by atoms with Crippen LogP contribution in [0.4, 0.5) is 4.39 Å². The van der Waals surface area contributed by atoms with Gasteiger partial charge in [0.25, 0.3) is 0 Å². The Morgan fingerprint density at radius 2 is 1.79 bits per heavy atom. The third kappa shape index (κ3) is 5.90. The maximum absolute atomic E-state index is 13.8. The molecule has 1 fully saturated rings. The lowest BCUT2D eigenvalue weighted by Gasteiger charge is -2.20. The highest BCUT2D eigenvalue weighted by atomic mass is 32.2. The number of hydrogen-bond acceptors (Lipinski definition) is 6. The lowest BCUT2D eigenvalue weighted by Crippen LogP contribution is -2.31. The van der Waals surface area contributed by atoms with E-state index in [0.29, 0.717) is 36.4 Å². The molecule has 0 aliphatic carbocycles. The molecule has 0 radical (unpaired) electrons. The number of hydrogen-bond donors (Lipinski definition) is 0. The molecule has 2 aromatic rings. The van der Waals surface area contributed by atoms with Crippen molar-refractivity contribution in [3.63, 3.8) is 0 Å². The van der Waals surface area contributed by atoms with E-state index in [1.165, 1.54) is 12.1 Å². The van der Waals surface area contributed by atoms with E-state index in [9.17, 15) is 17.6 Å². The van der Waals surface area contributed by atoms with Gasteiger partial charge in [-0.25, -0.2) is 12.8 Å². The Kier molecular flexibility index (Phi) is 7.62. The molecule has 0 aromatic heterocycles. The summed E-state index contributed by atoms with van der Waals surface area (Å²) in [4.78, 5) is 12.5. The number of aryl methyl sites for hydroxylation is 1. The van der Waals surface area contributed by atoms with Crippen LogP contribution in [0.5, 0.6) is 5.75 Å². The van der Waals surface area contributed by atoms with Crippen molar-refractivity contribution in [2.45, 2.75) is 56.6 Å². The number of esters is 1. The van der Waals surface area contributed by atoms with Gasteiger partial charge in [-0.1, -0.05) is 25.0 Å². The highest BCUT2D eigenvalue weighted by Crippen LogP contribution is 2.30. The van der Waals surface area contributed by atoms with Crippen LogP contribution in [-0.4, -0.2) is 38.6 Å². The van der Waals surface area contributed by atoms with E-state index in [0.717, 1.165) is 31.2 Å². The lowest BCUT2D eigenvalue weighted by atomic mass is 10.1. The number of nitrogens with zero attached hydrogens (tertiary/aromatic N) is 1. The molecular weight excluding hydrogens is 449 g/mol. The van der Waals surface area contributed by atoms with E-state index in [-0.39, 0.29) is 31.3 Å². The van der Waals surface area contributed by atoms with Crippen LogP contribution >= 0.6 is 0 Å². The largest absolute Gasteiger partial charge is 0.467 e. The van der Waals surface area contributed by atoms with E-state index >= 15 is 0 Å². The van der Waals surface area contributed by atoms with E-state index in [1.54, 1.807) is 28.6 Å². The monoisotopic (exact) mass is 477 g/mol. The van der Waals surface area contributed by atoms with Crippen molar-refractivity contribution in [3.05, 3.63) is 58.9 Å². The summed E-state index contributed by atoms with van der Waals surface area (Å²) >= 11 is 0. The van der Waals surface area contributed by atoms with Crippen LogP contribution in [0.1, 0.15) is 48.8 Å². The quantitative estimate of drug-likeness (QED) is 0.562. The predicted molar refractivity (Wildman–Crippen MR) is 118 cm³/mol. The molecule has 9 heteroatoms. The Balaban J connectivity index is 1.31. The summed E-state index contributed by atoms with van der Waals surface area (Å²) in [6.07, 6.45) is 4.43. The van der Waals surface area contributed by atoms with Crippen molar-refractivity contribution in [2.24, 2.45) is 0 Å². The summed E-state index contributed by atoms with van der Waals surface area (Å²) in [6, 6.07) is 9.29. The van der Waals surface area contributed by atoms with Crippen molar-refractivity contribution in [2.75, 3.05) is 19.9 Å². The van der Waals surface area contributed by atoms with Crippen LogP contribution < -0.4 is 4.74 Å². The van der Waals surface area contributed by atoms with Gasteiger partial charge < -0.3 is 14.2 Å². The normalized spacial score (nSPS) is 17.0. The second kappa shape index (κ2) is 10.6. The van der Waals surface area contributed by atoms with Crippen LogP contribution in [0.25, 0.3) is 0 Å². The minimum Gasteiger partial charge on any atom is -0.467 e. The molecule has 1 saturated heterocycles. The summed E-state index contributed by atoms with van der Waals surface area (Å²) in [5.41, 5.74) is 1.89. The Bertz CT molecular complexity index is 1080. The van der Waals surface area contributed by atoms with E-state index in [2.05, 4.69) is 0 Å². The fourth-order valence-corrected chi connectivity index (χ4v) is 5.62. The van der Waals surface area contributed by atoms with Crippen molar-refractivity contribution in [1.29, 1.82) is 0 Å². The molecule has 2 aliphatic heterocycles. The molecule has 0 atom stereocenters. The molecule has 0 unspecified atom stereocenters. The standard InChI is InChI=1S/C24H28FNO6S/c25-21-13-19-15-30-17-32-24(19)20(14-21)16-31-23(27)10-7-18-5-8-22(9-6-18)33(28,29)26-11-3-1-2-4-12-26/h5-6,8-9,13-14H,1-4,7,10-12,15-17H2. The lowest BCUT2D eigenvalue weighted by molar-refractivity contribution is -0.145. The first kappa shape index (κ1) is 23.7. The van der Waals surface area contributed by atoms with Crippen molar-refractivity contribution < 1.29 is 31.8 Å². The first-order chi connectivity index (χ1) is 15.9. The fourth-order valence-electron chi connectivity index (χ4n) is 4.10. The summed E-state index contributed by atoms with van der Waals surface area (Å²) in [5.74, 6) is -0.373. The molecule has 0 N–H and O–H groups in total. The van der Waals surface area contributed by atoms with Crippen LogP contribution in [-0.2, 0) is 43.9 Å². The van der Waals surface area contributed by atoms with Gasteiger partial charge in [0.05, 0.1) is 11.5 Å². The van der Waals surface area contributed by atoms with Crippen LogP contribution in [0.15, 0.2) is 41.3 Å². The van der Waals surface area contributed by atoms with Gasteiger partial charge in [-0.15, -0.1) is 0 Å². The number of carbonyl (C=O) groups is 1.